The van der Waals surface area contributed by atoms with Crippen LogP contribution in [-0.4, -0.2) is 31.4 Å². The zero-order valence-electron chi connectivity index (χ0n) is 10.2. The van der Waals surface area contributed by atoms with Crippen molar-refractivity contribution in [2.24, 2.45) is 0 Å². The van der Waals surface area contributed by atoms with Crippen molar-refractivity contribution in [3.63, 3.8) is 0 Å². The quantitative estimate of drug-likeness (QED) is 0.659. The minimum absolute atomic E-state index is 0.317. The topological polar surface area (TPSA) is 89.3 Å². The molecule has 1 aromatic carbocycles. The lowest BCUT2D eigenvalue weighted by Crippen LogP contribution is -2.26. The van der Waals surface area contributed by atoms with Gasteiger partial charge in [-0.3, -0.25) is 10.1 Å². The third kappa shape index (κ3) is 4.43. The van der Waals surface area contributed by atoms with Crippen LogP contribution in [0.1, 0.15) is 6.92 Å². The summed E-state index contributed by atoms with van der Waals surface area (Å²) in [6.45, 7) is 1.43. The number of hydrogen-bond donors (Lipinski definition) is 1. The largest absolute Gasteiger partial charge is 0.377 e. The van der Waals surface area contributed by atoms with Crippen molar-refractivity contribution in [1.29, 1.82) is 0 Å². The van der Waals surface area contributed by atoms with Gasteiger partial charge in [-0.05, 0) is 6.92 Å². The van der Waals surface area contributed by atoms with Gasteiger partial charge in [0.15, 0.2) is 11.6 Å². The average Bonchev–Trinajstić information content (AvgIpc) is 2.20. The molecule has 0 bridgehead atoms. The minimum atomic E-state index is -3.31. The van der Waals surface area contributed by atoms with Crippen LogP contribution in [0.2, 0.25) is 0 Å². The normalized spacial score (nSPS) is 13.1. The first-order valence-corrected chi connectivity index (χ1v) is 7.24. The molecule has 0 amide bonds. The fourth-order valence-corrected chi connectivity index (χ4v) is 2.54. The average molecular weight is 294 g/mol. The minimum Gasteiger partial charge on any atom is -0.377 e. The summed E-state index contributed by atoms with van der Waals surface area (Å²) in [5.41, 5.74) is -1.29. The molecule has 1 unspecified atom stereocenters. The number of sulfone groups is 1. The molecule has 6 nitrogen and oxygen atoms in total. The molecular weight excluding hydrogens is 282 g/mol. The molecular formula is C10H12F2N2O4S. The van der Waals surface area contributed by atoms with E-state index >= 15 is 0 Å². The summed E-state index contributed by atoms with van der Waals surface area (Å²) in [6.07, 6.45) is 0.994. The molecule has 19 heavy (non-hydrogen) atoms. The number of nitrogens with one attached hydrogen (secondary N) is 1. The summed E-state index contributed by atoms with van der Waals surface area (Å²) >= 11 is 0. The van der Waals surface area contributed by atoms with Crippen LogP contribution in [0.3, 0.4) is 0 Å². The van der Waals surface area contributed by atoms with Gasteiger partial charge < -0.3 is 5.32 Å². The van der Waals surface area contributed by atoms with Gasteiger partial charge in [0, 0.05) is 12.3 Å². The molecule has 0 aliphatic heterocycles. The lowest BCUT2D eigenvalue weighted by molar-refractivity contribution is -0.385. The summed E-state index contributed by atoms with van der Waals surface area (Å²) in [7, 11) is -3.31. The second kappa shape index (κ2) is 5.47. The van der Waals surface area contributed by atoms with Crippen molar-refractivity contribution >= 4 is 21.2 Å². The van der Waals surface area contributed by atoms with E-state index in [1.165, 1.54) is 6.92 Å². The first-order valence-electron chi connectivity index (χ1n) is 5.18. The summed E-state index contributed by atoms with van der Waals surface area (Å²) in [4.78, 5) is 9.48. The number of nitro benzene ring substituents is 1. The predicted molar refractivity (Wildman–Crippen MR) is 65.8 cm³/mol. The zero-order valence-corrected chi connectivity index (χ0v) is 11.0. The van der Waals surface area contributed by atoms with E-state index in [0.29, 0.717) is 12.1 Å². The van der Waals surface area contributed by atoms with Crippen LogP contribution in [0.25, 0.3) is 0 Å². The Morgan fingerprint density at radius 1 is 1.37 bits per heavy atom. The Balaban J connectivity index is 2.99. The van der Waals surface area contributed by atoms with Gasteiger partial charge in [-0.25, -0.2) is 17.2 Å². The van der Waals surface area contributed by atoms with E-state index in [0.717, 1.165) is 6.26 Å². The summed E-state index contributed by atoms with van der Waals surface area (Å²) in [6, 6.07) is 0.400. The Morgan fingerprint density at radius 2 is 1.84 bits per heavy atom. The maximum Gasteiger partial charge on any atom is 0.275 e. The van der Waals surface area contributed by atoms with E-state index in [-0.39, 0.29) is 5.75 Å². The van der Waals surface area contributed by atoms with Crippen molar-refractivity contribution in [1.82, 2.24) is 0 Å². The molecule has 1 N–H and O–H groups in total. The summed E-state index contributed by atoms with van der Waals surface area (Å²) in [5, 5.41) is 12.7. The van der Waals surface area contributed by atoms with Crippen LogP contribution >= 0.6 is 0 Å². The fraction of sp³-hybridized carbons (Fsp3) is 0.400. The number of hydrogen-bond acceptors (Lipinski definition) is 5. The van der Waals surface area contributed by atoms with Gasteiger partial charge in [0.1, 0.15) is 15.5 Å². The SMILES string of the molecule is CC(CS(C)(=O)=O)Nc1c(F)cc([N+](=O)[O-])cc1F. The highest BCUT2D eigenvalue weighted by molar-refractivity contribution is 7.90. The monoisotopic (exact) mass is 294 g/mol. The van der Waals surface area contributed by atoms with Gasteiger partial charge >= 0.3 is 0 Å². The lowest BCUT2D eigenvalue weighted by atomic mass is 10.2. The molecule has 9 heteroatoms. The molecule has 0 radical (unpaired) electrons. The third-order valence-electron chi connectivity index (χ3n) is 2.18. The maximum absolute atomic E-state index is 13.5. The van der Waals surface area contributed by atoms with E-state index in [2.05, 4.69) is 5.32 Å². The van der Waals surface area contributed by atoms with Crippen LogP contribution in [-0.2, 0) is 9.84 Å². The van der Waals surface area contributed by atoms with Gasteiger partial charge in [0.2, 0.25) is 0 Å². The number of benzene rings is 1. The van der Waals surface area contributed by atoms with Crippen molar-refractivity contribution < 1.29 is 22.1 Å². The van der Waals surface area contributed by atoms with Gasteiger partial charge in [0.25, 0.3) is 5.69 Å². The first kappa shape index (κ1) is 15.3. The second-order valence-corrected chi connectivity index (χ2v) is 6.36. The van der Waals surface area contributed by atoms with Crippen LogP contribution in [0.5, 0.6) is 0 Å². The summed E-state index contributed by atoms with van der Waals surface area (Å²) < 4.78 is 49.1. The molecule has 0 saturated carbocycles. The van der Waals surface area contributed by atoms with Crippen molar-refractivity contribution in [3.05, 3.63) is 33.9 Å². The maximum atomic E-state index is 13.5. The number of halogens is 2. The van der Waals surface area contributed by atoms with Crippen LogP contribution < -0.4 is 5.32 Å². The zero-order chi connectivity index (χ0) is 14.8. The molecule has 0 aliphatic rings. The molecule has 0 saturated heterocycles. The van der Waals surface area contributed by atoms with Crippen LogP contribution in [0.15, 0.2) is 12.1 Å². The Labute approximate surface area is 108 Å². The smallest absolute Gasteiger partial charge is 0.275 e. The Hall–Kier alpha value is -1.77. The third-order valence-corrected chi connectivity index (χ3v) is 3.29. The molecule has 0 fully saturated rings. The van der Waals surface area contributed by atoms with E-state index < -0.39 is 43.8 Å². The molecule has 1 aromatic rings. The number of nitro groups is 1. The molecule has 1 rings (SSSR count). The Kier molecular flexibility index (Phi) is 4.40. The first-order chi connectivity index (χ1) is 8.60. The fourth-order valence-electron chi connectivity index (χ4n) is 1.55. The molecule has 0 aromatic heterocycles. The second-order valence-electron chi connectivity index (χ2n) is 4.18. The number of non-ortho nitro benzene ring substituents is 1. The molecule has 0 spiro atoms. The summed E-state index contributed by atoms with van der Waals surface area (Å²) in [5.74, 6) is -2.61. The van der Waals surface area contributed by atoms with Gasteiger partial charge in [0.05, 0.1) is 22.8 Å². The van der Waals surface area contributed by atoms with E-state index in [1.54, 1.807) is 0 Å². The van der Waals surface area contributed by atoms with Gasteiger partial charge in [-0.1, -0.05) is 0 Å². The van der Waals surface area contributed by atoms with E-state index in [9.17, 15) is 27.3 Å². The van der Waals surface area contributed by atoms with E-state index in [1.807, 2.05) is 0 Å². The highest BCUT2D eigenvalue weighted by atomic mass is 32.2. The van der Waals surface area contributed by atoms with Gasteiger partial charge in [-0.2, -0.15) is 0 Å². The van der Waals surface area contributed by atoms with Crippen molar-refractivity contribution in [2.75, 3.05) is 17.3 Å². The number of rotatable bonds is 5. The molecule has 1 atom stereocenters. The van der Waals surface area contributed by atoms with Crippen molar-refractivity contribution in [3.8, 4) is 0 Å². The lowest BCUT2D eigenvalue weighted by Gasteiger charge is -2.15. The Bertz CT molecular complexity index is 581. The Morgan fingerprint density at radius 3 is 2.21 bits per heavy atom. The highest BCUT2D eigenvalue weighted by Crippen LogP contribution is 2.25. The van der Waals surface area contributed by atoms with Gasteiger partial charge in [-0.15, -0.1) is 0 Å². The predicted octanol–water partition coefficient (Wildman–Crippen LogP) is 1.72. The van der Waals surface area contributed by atoms with Crippen LogP contribution in [0.4, 0.5) is 20.2 Å². The van der Waals surface area contributed by atoms with Crippen LogP contribution in [0, 0.1) is 21.7 Å². The van der Waals surface area contributed by atoms with E-state index in [4.69, 9.17) is 0 Å². The molecule has 106 valence electrons. The number of nitrogens with zero attached hydrogens (tertiary/aromatic N) is 1. The molecule has 0 aliphatic carbocycles. The van der Waals surface area contributed by atoms with Crippen molar-refractivity contribution in [2.45, 2.75) is 13.0 Å². The standard InChI is InChI=1S/C10H12F2N2O4S/c1-6(5-19(2,17)18)13-10-8(11)3-7(14(15)16)4-9(10)12/h3-4,6,13H,5H2,1-2H3. The number of anilines is 1. The highest BCUT2D eigenvalue weighted by Gasteiger charge is 2.19. The molecule has 0 heterocycles.